The highest BCUT2D eigenvalue weighted by molar-refractivity contribution is 7.08. The highest BCUT2D eigenvalue weighted by atomic mass is 32.1. The average Bonchev–Trinajstić information content (AvgIpc) is 3.16. The molecule has 0 spiro atoms. The summed E-state index contributed by atoms with van der Waals surface area (Å²) in [5.41, 5.74) is 0.0795. The van der Waals surface area contributed by atoms with Crippen LogP contribution in [0.5, 0.6) is 0 Å². The van der Waals surface area contributed by atoms with Crippen molar-refractivity contribution < 1.29 is 0 Å². The summed E-state index contributed by atoms with van der Waals surface area (Å²) < 4.78 is 0. The number of nitrogens with zero attached hydrogens (tertiary/aromatic N) is 4. The van der Waals surface area contributed by atoms with Crippen LogP contribution < -0.4 is 0 Å². The van der Waals surface area contributed by atoms with Gasteiger partial charge in [-0.2, -0.15) is 27.1 Å². The Morgan fingerprint density at radius 1 is 1.36 bits per heavy atom. The van der Waals surface area contributed by atoms with Crippen LogP contribution in [-0.4, -0.2) is 30.2 Å². The fraction of sp³-hybridized carbons (Fsp3) is 0.474. The minimum absolute atomic E-state index is 0.0670. The Morgan fingerprint density at radius 2 is 2.12 bits per heavy atom. The van der Waals surface area contributed by atoms with Crippen molar-refractivity contribution in [3.63, 3.8) is 0 Å². The van der Waals surface area contributed by atoms with Gasteiger partial charge in [-0.25, -0.2) is 0 Å². The van der Waals surface area contributed by atoms with E-state index in [-0.39, 0.29) is 17.5 Å². The van der Waals surface area contributed by atoms with Crippen LogP contribution in [0.3, 0.4) is 0 Å². The van der Waals surface area contributed by atoms with Gasteiger partial charge in [-0.3, -0.25) is 4.90 Å². The Morgan fingerprint density at radius 3 is 2.68 bits per heavy atom. The van der Waals surface area contributed by atoms with Crippen molar-refractivity contribution in [1.82, 2.24) is 4.90 Å². The lowest BCUT2D eigenvalue weighted by Crippen LogP contribution is -2.52. The highest BCUT2D eigenvalue weighted by Gasteiger charge is 2.56. The summed E-state index contributed by atoms with van der Waals surface area (Å²) in [7, 11) is 0. The molecule has 1 N–H and O–H groups in total. The van der Waals surface area contributed by atoms with Crippen LogP contribution in [0.4, 0.5) is 0 Å². The summed E-state index contributed by atoms with van der Waals surface area (Å²) in [6.07, 6.45) is 2.98. The second-order valence-corrected chi connectivity index (χ2v) is 7.38. The number of hydrogen-bond acceptors (Lipinski definition) is 6. The molecule has 3 atom stereocenters. The Kier molecular flexibility index (Phi) is 4.73. The lowest BCUT2D eigenvalue weighted by Gasteiger charge is -2.47. The van der Waals surface area contributed by atoms with Gasteiger partial charge < -0.3 is 5.41 Å². The fourth-order valence-corrected chi connectivity index (χ4v) is 4.88. The maximum Gasteiger partial charge on any atom is 0.203 e. The van der Waals surface area contributed by atoms with Gasteiger partial charge in [0.05, 0.1) is 29.8 Å². The molecule has 0 bridgehead atoms. The number of nitriles is 3. The van der Waals surface area contributed by atoms with E-state index in [9.17, 15) is 15.8 Å². The molecular weight excluding hydrogens is 330 g/mol. The van der Waals surface area contributed by atoms with Crippen molar-refractivity contribution in [2.75, 3.05) is 19.6 Å². The first-order chi connectivity index (χ1) is 12.1. The maximum atomic E-state index is 9.78. The van der Waals surface area contributed by atoms with E-state index in [0.29, 0.717) is 6.54 Å². The SMILES string of the molecule is CCCN1CC=C2C(C1)C(c1ccsc1)C(C#N)C(=N)C2(C#N)C#N. The predicted molar refractivity (Wildman–Crippen MR) is 95.9 cm³/mol. The van der Waals surface area contributed by atoms with Gasteiger partial charge in [0.1, 0.15) is 0 Å². The lowest BCUT2D eigenvalue weighted by molar-refractivity contribution is 0.210. The molecule has 1 aliphatic carbocycles. The van der Waals surface area contributed by atoms with Crippen LogP contribution in [0.1, 0.15) is 24.8 Å². The van der Waals surface area contributed by atoms with Gasteiger partial charge in [-0.1, -0.05) is 13.0 Å². The summed E-state index contributed by atoms with van der Waals surface area (Å²) in [5, 5.41) is 41.8. The van der Waals surface area contributed by atoms with Crippen LogP contribution >= 0.6 is 11.3 Å². The van der Waals surface area contributed by atoms with E-state index < -0.39 is 11.3 Å². The molecule has 0 saturated heterocycles. The van der Waals surface area contributed by atoms with Crippen LogP contribution in [-0.2, 0) is 0 Å². The van der Waals surface area contributed by atoms with E-state index >= 15 is 0 Å². The Balaban J connectivity index is 2.16. The number of hydrogen-bond donors (Lipinski definition) is 1. The zero-order valence-electron chi connectivity index (χ0n) is 14.1. The van der Waals surface area contributed by atoms with Crippen molar-refractivity contribution in [1.29, 1.82) is 21.2 Å². The summed E-state index contributed by atoms with van der Waals surface area (Å²) in [6, 6.07) is 8.37. The zero-order chi connectivity index (χ0) is 18.0. The molecule has 1 aromatic rings. The van der Waals surface area contributed by atoms with E-state index in [4.69, 9.17) is 5.41 Å². The predicted octanol–water partition coefficient (Wildman–Crippen LogP) is 3.31. The molecule has 0 amide bonds. The summed E-state index contributed by atoms with van der Waals surface area (Å²) >= 11 is 1.57. The molecule has 6 heteroatoms. The molecule has 2 aliphatic rings. The van der Waals surface area contributed by atoms with Gasteiger partial charge in [-0.15, -0.1) is 0 Å². The molecule has 1 aliphatic heterocycles. The molecule has 3 unspecified atom stereocenters. The fourth-order valence-electron chi connectivity index (χ4n) is 4.18. The molecule has 1 aromatic heterocycles. The largest absolute Gasteiger partial charge is 0.305 e. The van der Waals surface area contributed by atoms with Crippen LogP contribution in [0.25, 0.3) is 0 Å². The number of thiophene rings is 1. The molecule has 0 radical (unpaired) electrons. The topological polar surface area (TPSA) is 98.5 Å². The molecule has 1 fully saturated rings. The number of fused-ring (bicyclic) bond motifs is 1. The van der Waals surface area contributed by atoms with Crippen molar-refractivity contribution in [2.45, 2.75) is 19.3 Å². The minimum atomic E-state index is -1.60. The van der Waals surface area contributed by atoms with Gasteiger partial charge in [-0.05, 0) is 40.9 Å². The molecule has 0 aromatic carbocycles. The second kappa shape index (κ2) is 6.81. The minimum Gasteiger partial charge on any atom is -0.305 e. The van der Waals surface area contributed by atoms with Gasteiger partial charge >= 0.3 is 0 Å². The number of rotatable bonds is 3. The first kappa shape index (κ1) is 17.4. The third-order valence-corrected chi connectivity index (χ3v) is 6.01. The van der Waals surface area contributed by atoms with Gasteiger partial charge in [0.25, 0.3) is 0 Å². The Bertz CT molecular complexity index is 803. The van der Waals surface area contributed by atoms with Crippen molar-refractivity contribution in [2.24, 2.45) is 17.3 Å². The van der Waals surface area contributed by atoms with E-state index in [1.165, 1.54) is 0 Å². The normalized spacial score (nSPS) is 28.2. The maximum absolute atomic E-state index is 9.78. The quantitative estimate of drug-likeness (QED) is 0.846. The van der Waals surface area contributed by atoms with E-state index in [1.807, 2.05) is 22.9 Å². The lowest BCUT2D eigenvalue weighted by atomic mass is 9.55. The average molecular weight is 349 g/mol. The van der Waals surface area contributed by atoms with E-state index in [2.05, 4.69) is 30.0 Å². The van der Waals surface area contributed by atoms with Crippen molar-refractivity contribution in [3.05, 3.63) is 34.0 Å². The smallest absolute Gasteiger partial charge is 0.203 e. The van der Waals surface area contributed by atoms with Gasteiger partial charge in [0, 0.05) is 24.9 Å². The van der Waals surface area contributed by atoms with Crippen LogP contribution in [0, 0.1) is 56.7 Å². The Labute approximate surface area is 151 Å². The first-order valence-electron chi connectivity index (χ1n) is 8.39. The standard InChI is InChI=1S/C19H19N5S/c1-2-5-24-6-3-16-15(9-24)17(13-4-7-25-10-13)14(8-20)18(23)19(16,11-21)12-22/h3-4,7,10,14-15,17,23H,2,5-6,9H2,1H3. The van der Waals surface area contributed by atoms with Gasteiger partial charge in [0.2, 0.25) is 5.41 Å². The third kappa shape index (κ3) is 2.57. The van der Waals surface area contributed by atoms with E-state index in [0.717, 1.165) is 30.6 Å². The molecule has 2 heterocycles. The van der Waals surface area contributed by atoms with Gasteiger partial charge in [0.15, 0.2) is 0 Å². The first-order valence-corrected chi connectivity index (χ1v) is 9.33. The second-order valence-electron chi connectivity index (χ2n) is 6.60. The molecule has 126 valence electrons. The molecular formula is C19H19N5S. The summed E-state index contributed by atoms with van der Waals surface area (Å²) in [4.78, 5) is 2.30. The Hall–Kier alpha value is -2.46. The number of nitrogens with one attached hydrogen (secondary N) is 1. The van der Waals surface area contributed by atoms with Crippen molar-refractivity contribution in [3.8, 4) is 18.2 Å². The molecule has 5 nitrogen and oxygen atoms in total. The highest BCUT2D eigenvalue weighted by Crippen LogP contribution is 2.52. The molecule has 3 rings (SSSR count). The third-order valence-electron chi connectivity index (χ3n) is 5.31. The van der Waals surface area contributed by atoms with Crippen LogP contribution in [0.2, 0.25) is 0 Å². The van der Waals surface area contributed by atoms with Crippen molar-refractivity contribution >= 4 is 17.0 Å². The summed E-state index contributed by atoms with van der Waals surface area (Å²) in [5.74, 6) is -1.02. The van der Waals surface area contributed by atoms with Crippen LogP contribution in [0.15, 0.2) is 28.5 Å². The summed E-state index contributed by atoms with van der Waals surface area (Å²) in [6.45, 7) is 4.47. The molecule has 25 heavy (non-hydrogen) atoms. The zero-order valence-corrected chi connectivity index (χ0v) is 14.9. The van der Waals surface area contributed by atoms with E-state index in [1.54, 1.807) is 11.3 Å². The monoisotopic (exact) mass is 349 g/mol. The molecule has 1 saturated carbocycles.